The lowest BCUT2D eigenvalue weighted by Crippen LogP contribution is -2.30. The summed E-state index contributed by atoms with van der Waals surface area (Å²) in [6.07, 6.45) is 0. The van der Waals surface area contributed by atoms with Crippen LogP contribution in [0.5, 0.6) is 0 Å². The Kier molecular flexibility index (Phi) is 8.98. The highest BCUT2D eigenvalue weighted by molar-refractivity contribution is 8.93. The van der Waals surface area contributed by atoms with Crippen LogP contribution in [-0.2, 0) is 0 Å². The zero-order chi connectivity index (χ0) is 3.58. The molecular weight excluding hydrogens is 208 g/mol. The number of hydrogen-bond donors (Lipinski definition) is 1. The SMILES string of the molecule is Br.[O-][Br+2]([O-])O. The Hall–Kier alpha value is 0.840. The van der Waals surface area contributed by atoms with Gasteiger partial charge < -0.3 is 8.40 Å². The smallest absolute Gasteiger partial charge is 0.372 e. The van der Waals surface area contributed by atoms with Crippen LogP contribution < -0.4 is 8.40 Å². The van der Waals surface area contributed by atoms with Crippen molar-refractivity contribution in [3.63, 3.8) is 0 Å². The van der Waals surface area contributed by atoms with Crippen molar-refractivity contribution in [1.82, 2.24) is 0 Å². The van der Waals surface area contributed by atoms with Crippen LogP contribution in [0.15, 0.2) is 0 Å². The summed E-state index contributed by atoms with van der Waals surface area (Å²) in [7, 11) is 0. The van der Waals surface area contributed by atoms with E-state index in [1.165, 1.54) is 0 Å². The summed E-state index contributed by atoms with van der Waals surface area (Å²) in [5.74, 6) is 0. The first-order valence-corrected chi connectivity index (χ1v) is 2.48. The van der Waals surface area contributed by atoms with Crippen molar-refractivity contribution in [2.24, 2.45) is 0 Å². The monoisotopic (exact) mass is 208 g/mol. The molecule has 0 unspecified atom stereocenters. The van der Waals surface area contributed by atoms with E-state index < -0.39 is 14.8 Å². The summed E-state index contributed by atoms with van der Waals surface area (Å²) >= 11 is -3.40. The van der Waals surface area contributed by atoms with Crippen molar-refractivity contribution >= 4 is 17.0 Å². The predicted octanol–water partition coefficient (Wildman–Crippen LogP) is -2.36. The highest BCUT2D eigenvalue weighted by Gasteiger charge is 1.86. The molecule has 0 rings (SSSR count). The minimum atomic E-state index is -3.40. The summed E-state index contributed by atoms with van der Waals surface area (Å²) in [5.41, 5.74) is 0. The lowest BCUT2D eigenvalue weighted by atomic mass is 16.0. The Morgan fingerprint density at radius 1 is 1.40 bits per heavy atom. The zero-order valence-electron chi connectivity index (χ0n) is 2.05. The molecule has 0 bridgehead atoms. The van der Waals surface area contributed by atoms with Gasteiger partial charge in [-0.05, 0) is 4.20 Å². The largest absolute Gasteiger partial charge is 0.433 e. The molecule has 0 aliphatic heterocycles. The predicted molar refractivity (Wildman–Crippen MR) is 12.5 cm³/mol. The third kappa shape index (κ3) is 55.3. The van der Waals surface area contributed by atoms with E-state index in [2.05, 4.69) is 0 Å². The molecule has 0 fully saturated rings. The van der Waals surface area contributed by atoms with Crippen molar-refractivity contribution in [1.29, 1.82) is 0 Å². The van der Waals surface area contributed by atoms with Crippen LogP contribution in [0, 0.1) is 14.8 Å². The molecule has 0 aromatic rings. The third-order valence-electron chi connectivity index (χ3n) is 0. The second kappa shape index (κ2) is 4.84. The van der Waals surface area contributed by atoms with Crippen LogP contribution in [0.4, 0.5) is 0 Å². The molecule has 34 valence electrons. The van der Waals surface area contributed by atoms with Crippen LogP contribution in [-0.4, -0.2) is 4.20 Å². The Morgan fingerprint density at radius 3 is 1.40 bits per heavy atom. The van der Waals surface area contributed by atoms with E-state index in [1.54, 1.807) is 0 Å². The summed E-state index contributed by atoms with van der Waals surface area (Å²) < 4.78 is 24.3. The molecule has 0 spiro atoms. The van der Waals surface area contributed by atoms with Crippen molar-refractivity contribution < 1.29 is 27.4 Å². The molecule has 3 nitrogen and oxygen atoms in total. The molecule has 0 aromatic carbocycles. The van der Waals surface area contributed by atoms with E-state index in [0.29, 0.717) is 0 Å². The van der Waals surface area contributed by atoms with Gasteiger partial charge >= 0.3 is 14.8 Å². The van der Waals surface area contributed by atoms with E-state index in [0.717, 1.165) is 0 Å². The third-order valence-corrected chi connectivity index (χ3v) is 0. The Bertz CT molecular complexity index is 9.61. The first-order valence-electron chi connectivity index (χ1n) is 0.478. The summed E-state index contributed by atoms with van der Waals surface area (Å²) in [6, 6.07) is 0. The quantitative estimate of drug-likeness (QED) is 0.486. The van der Waals surface area contributed by atoms with Crippen LogP contribution in [0.25, 0.3) is 0 Å². The highest BCUT2D eigenvalue weighted by Crippen LogP contribution is 1.38. The van der Waals surface area contributed by atoms with Crippen LogP contribution in [0.2, 0.25) is 0 Å². The molecule has 0 heterocycles. The van der Waals surface area contributed by atoms with Crippen molar-refractivity contribution in [3.05, 3.63) is 0 Å². The highest BCUT2D eigenvalue weighted by atomic mass is 80.0. The van der Waals surface area contributed by atoms with Gasteiger partial charge in [0, 0.05) is 0 Å². The van der Waals surface area contributed by atoms with Gasteiger partial charge in [0.15, 0.2) is 0 Å². The molecule has 5 heteroatoms. The molecule has 0 atom stereocenters. The molecule has 0 aromatic heterocycles. The lowest BCUT2D eigenvalue weighted by molar-refractivity contribution is -1.63. The minimum absolute atomic E-state index is 0. The number of hydrogen-bond acceptors (Lipinski definition) is 3. The molecular formula is H2Br2O3. The summed E-state index contributed by atoms with van der Waals surface area (Å²) in [5, 5.41) is 0. The Balaban J connectivity index is 0. The topological polar surface area (TPSA) is 66.3 Å². The fraction of sp³-hybridized carbons (Fsp3) is 0. The van der Waals surface area contributed by atoms with Crippen molar-refractivity contribution in [2.45, 2.75) is 0 Å². The van der Waals surface area contributed by atoms with Crippen LogP contribution in [0.1, 0.15) is 0 Å². The Morgan fingerprint density at radius 2 is 1.40 bits per heavy atom. The average molecular weight is 210 g/mol. The van der Waals surface area contributed by atoms with Gasteiger partial charge in [0.25, 0.3) is 0 Å². The average Bonchev–Trinajstić information content (AvgIpc) is 0.811. The summed E-state index contributed by atoms with van der Waals surface area (Å²) in [6.45, 7) is 0. The minimum Gasteiger partial charge on any atom is -0.372 e. The molecule has 0 radical (unpaired) electrons. The van der Waals surface area contributed by atoms with E-state index in [9.17, 15) is 0 Å². The maximum Gasteiger partial charge on any atom is 0.433 e. The molecule has 5 heavy (non-hydrogen) atoms. The van der Waals surface area contributed by atoms with Gasteiger partial charge in [0.05, 0.1) is 0 Å². The first-order chi connectivity index (χ1) is 1.73. The van der Waals surface area contributed by atoms with Gasteiger partial charge in [-0.2, -0.15) is 0 Å². The molecule has 0 saturated heterocycles. The van der Waals surface area contributed by atoms with Crippen LogP contribution >= 0.6 is 17.0 Å². The molecule has 1 N–H and O–H groups in total. The first kappa shape index (κ1) is 9.28. The van der Waals surface area contributed by atoms with Crippen molar-refractivity contribution in [2.75, 3.05) is 0 Å². The van der Waals surface area contributed by atoms with E-state index in [4.69, 9.17) is 12.6 Å². The lowest BCUT2D eigenvalue weighted by Gasteiger charge is -1.69. The van der Waals surface area contributed by atoms with Gasteiger partial charge in [-0.3, -0.25) is 0 Å². The van der Waals surface area contributed by atoms with Gasteiger partial charge in [0.2, 0.25) is 0 Å². The zero-order valence-corrected chi connectivity index (χ0v) is 5.35. The fourth-order valence-electron chi connectivity index (χ4n) is 0. The molecule has 0 aliphatic carbocycles. The maximum absolute atomic E-state index is 8.63. The van der Waals surface area contributed by atoms with Gasteiger partial charge in [-0.15, -0.1) is 17.0 Å². The van der Waals surface area contributed by atoms with Gasteiger partial charge in [-0.25, -0.2) is 0 Å². The van der Waals surface area contributed by atoms with E-state index >= 15 is 0 Å². The van der Waals surface area contributed by atoms with Crippen molar-refractivity contribution in [3.8, 4) is 0 Å². The molecule has 0 saturated carbocycles. The normalized spacial score (nSPS) is 7.20. The fourth-order valence-corrected chi connectivity index (χ4v) is 0. The molecule has 0 amide bonds. The maximum atomic E-state index is 8.63. The van der Waals surface area contributed by atoms with E-state index in [1.807, 2.05) is 0 Å². The second-order valence-electron chi connectivity index (χ2n) is 0.201. The Labute approximate surface area is 44.8 Å². The number of rotatable bonds is 0. The van der Waals surface area contributed by atoms with Gasteiger partial charge in [-0.1, -0.05) is 0 Å². The second-order valence-corrected chi connectivity index (χ2v) is 1.04. The van der Waals surface area contributed by atoms with E-state index in [-0.39, 0.29) is 17.0 Å². The molecule has 0 aliphatic rings. The van der Waals surface area contributed by atoms with Gasteiger partial charge in [0.1, 0.15) is 0 Å². The standard InChI is InChI=1S/BrHO3.BrH/c2-1(3)4;/h2H;1H. The number of halogens is 2. The van der Waals surface area contributed by atoms with Crippen LogP contribution in [0.3, 0.4) is 0 Å². The summed E-state index contributed by atoms with van der Waals surface area (Å²) in [4.78, 5) is 0.